The lowest BCUT2D eigenvalue weighted by molar-refractivity contribution is 0.0606. The van der Waals surface area contributed by atoms with E-state index in [0.717, 1.165) is 23.6 Å². The monoisotopic (exact) mass is 479 g/mol. The smallest absolute Gasteiger partial charge is 0.322 e. The predicted molar refractivity (Wildman–Crippen MR) is 131 cm³/mol. The Morgan fingerprint density at radius 2 is 1.97 bits per heavy atom. The first kappa shape index (κ1) is 24.2. The lowest BCUT2D eigenvalue weighted by atomic mass is 10.0. The number of hydrogen-bond acceptors (Lipinski definition) is 4. The zero-order valence-electron chi connectivity index (χ0n) is 19.6. The van der Waals surface area contributed by atoms with Gasteiger partial charge in [-0.25, -0.2) is 13.6 Å². The zero-order valence-corrected chi connectivity index (χ0v) is 19.6. The first-order valence-corrected chi connectivity index (χ1v) is 11.4. The molecule has 1 N–H and O–H groups in total. The normalized spacial score (nSPS) is 14.7. The molecule has 3 aromatic carbocycles. The predicted octanol–water partition coefficient (Wildman–Crippen LogP) is 5.76. The summed E-state index contributed by atoms with van der Waals surface area (Å²) in [7, 11) is 1.59. The maximum Gasteiger partial charge on any atom is 0.322 e. The number of hydrogen-bond donors (Lipinski definition) is 1. The van der Waals surface area contributed by atoms with Crippen molar-refractivity contribution in [1.29, 1.82) is 0 Å². The van der Waals surface area contributed by atoms with Crippen LogP contribution in [0.5, 0.6) is 5.75 Å². The third-order valence-electron chi connectivity index (χ3n) is 5.82. The minimum absolute atomic E-state index is 0.0603. The molecule has 1 heterocycles. The lowest BCUT2D eigenvalue weighted by Crippen LogP contribution is -2.40. The van der Waals surface area contributed by atoms with E-state index in [4.69, 9.17) is 9.57 Å². The van der Waals surface area contributed by atoms with Gasteiger partial charge in [0, 0.05) is 29.3 Å². The highest BCUT2D eigenvalue weighted by Crippen LogP contribution is 2.25. The number of nitrogens with zero attached hydrogens (tertiary/aromatic N) is 2. The SMILES string of the molecule is CCc1cccc(NC(=O)N(Cc2ccc(F)cc2F)CC2CC(c3ccccc3OC)=NO2)c1. The van der Waals surface area contributed by atoms with Crippen molar-refractivity contribution in [3.8, 4) is 5.75 Å². The van der Waals surface area contributed by atoms with Crippen LogP contribution in [0.25, 0.3) is 0 Å². The molecule has 1 atom stereocenters. The zero-order chi connectivity index (χ0) is 24.8. The summed E-state index contributed by atoms with van der Waals surface area (Å²) < 4.78 is 33.2. The van der Waals surface area contributed by atoms with Crippen LogP contribution in [0.3, 0.4) is 0 Å². The van der Waals surface area contributed by atoms with Crippen molar-refractivity contribution in [2.45, 2.75) is 32.4 Å². The Labute approximate surface area is 203 Å². The number of urea groups is 1. The van der Waals surface area contributed by atoms with E-state index in [2.05, 4.69) is 10.5 Å². The molecule has 0 bridgehead atoms. The van der Waals surface area contributed by atoms with Gasteiger partial charge in [-0.05, 0) is 42.3 Å². The van der Waals surface area contributed by atoms with Gasteiger partial charge in [0.05, 0.1) is 25.9 Å². The fourth-order valence-electron chi connectivity index (χ4n) is 3.96. The fraction of sp³-hybridized carbons (Fsp3) is 0.259. The molecule has 0 radical (unpaired) electrons. The minimum atomic E-state index is -0.714. The number of methoxy groups -OCH3 is 1. The molecule has 4 rings (SSSR count). The van der Waals surface area contributed by atoms with Crippen LogP contribution in [0, 0.1) is 11.6 Å². The van der Waals surface area contributed by atoms with Gasteiger partial charge in [0.25, 0.3) is 0 Å². The van der Waals surface area contributed by atoms with E-state index in [1.54, 1.807) is 13.2 Å². The van der Waals surface area contributed by atoms with Crippen molar-refractivity contribution in [2.75, 3.05) is 19.0 Å². The summed E-state index contributed by atoms with van der Waals surface area (Å²) in [5.41, 5.74) is 3.43. The first-order chi connectivity index (χ1) is 17.0. The summed E-state index contributed by atoms with van der Waals surface area (Å²) in [5.74, 6) is -0.712. The van der Waals surface area contributed by atoms with Crippen molar-refractivity contribution in [2.24, 2.45) is 5.16 Å². The summed E-state index contributed by atoms with van der Waals surface area (Å²) in [6.07, 6.45) is 0.834. The summed E-state index contributed by atoms with van der Waals surface area (Å²) in [6.45, 7) is 2.12. The van der Waals surface area contributed by atoms with Crippen LogP contribution < -0.4 is 10.1 Å². The van der Waals surface area contributed by atoms with Gasteiger partial charge in [0.1, 0.15) is 17.4 Å². The number of amides is 2. The van der Waals surface area contributed by atoms with Crippen LogP contribution in [-0.2, 0) is 17.8 Å². The third-order valence-corrected chi connectivity index (χ3v) is 5.82. The van der Waals surface area contributed by atoms with E-state index in [1.165, 1.54) is 17.0 Å². The molecule has 1 aliphatic rings. The molecule has 1 aliphatic heterocycles. The van der Waals surface area contributed by atoms with Crippen molar-refractivity contribution in [3.05, 3.63) is 95.1 Å². The van der Waals surface area contributed by atoms with Crippen LogP contribution in [-0.4, -0.2) is 36.4 Å². The average Bonchev–Trinajstić information content (AvgIpc) is 3.33. The molecule has 3 aromatic rings. The van der Waals surface area contributed by atoms with Crippen molar-refractivity contribution >= 4 is 17.4 Å². The standard InChI is InChI=1S/C27H27F2N3O3/c1-3-18-7-6-8-21(13-18)30-27(33)32(16-19-11-12-20(28)14-24(19)29)17-22-15-25(31-35-22)23-9-4-5-10-26(23)34-2/h4-14,22H,3,15-17H2,1-2H3,(H,30,33). The van der Waals surface area contributed by atoms with Gasteiger partial charge in [-0.1, -0.05) is 42.4 Å². The molecular formula is C27H27F2N3O3. The number of benzene rings is 3. The van der Waals surface area contributed by atoms with Gasteiger partial charge >= 0.3 is 6.03 Å². The Balaban J connectivity index is 1.51. The van der Waals surface area contributed by atoms with Crippen molar-refractivity contribution in [1.82, 2.24) is 4.90 Å². The van der Waals surface area contributed by atoms with Gasteiger partial charge in [-0.15, -0.1) is 0 Å². The second-order valence-electron chi connectivity index (χ2n) is 8.27. The summed E-state index contributed by atoms with van der Waals surface area (Å²) in [6, 6.07) is 17.9. The van der Waals surface area contributed by atoms with E-state index in [1.807, 2.05) is 49.4 Å². The minimum Gasteiger partial charge on any atom is -0.496 e. The van der Waals surface area contributed by atoms with Crippen LogP contribution in [0.15, 0.2) is 71.9 Å². The number of carbonyl (C=O) groups excluding carboxylic acids is 1. The third kappa shape index (κ3) is 5.95. The second-order valence-corrected chi connectivity index (χ2v) is 8.27. The van der Waals surface area contributed by atoms with E-state index < -0.39 is 23.8 Å². The number of aryl methyl sites for hydroxylation is 1. The fourth-order valence-corrected chi connectivity index (χ4v) is 3.96. The molecule has 0 saturated carbocycles. The summed E-state index contributed by atoms with van der Waals surface area (Å²) >= 11 is 0. The second kappa shape index (κ2) is 11.0. The van der Waals surface area contributed by atoms with Crippen LogP contribution in [0.2, 0.25) is 0 Å². The molecule has 0 saturated heterocycles. The maximum atomic E-state index is 14.4. The topological polar surface area (TPSA) is 63.2 Å². The Hall–Kier alpha value is -3.94. The Morgan fingerprint density at radius 1 is 1.14 bits per heavy atom. The number of carbonyl (C=O) groups is 1. The van der Waals surface area contributed by atoms with Gasteiger partial charge in [-0.2, -0.15) is 0 Å². The molecule has 35 heavy (non-hydrogen) atoms. The maximum absolute atomic E-state index is 14.4. The van der Waals surface area contributed by atoms with E-state index in [0.29, 0.717) is 23.6 Å². The highest BCUT2D eigenvalue weighted by Gasteiger charge is 2.28. The molecule has 6 nitrogen and oxygen atoms in total. The number of ether oxygens (including phenoxy) is 1. The highest BCUT2D eigenvalue weighted by molar-refractivity contribution is 6.03. The molecule has 2 amide bonds. The highest BCUT2D eigenvalue weighted by atomic mass is 19.1. The molecular weight excluding hydrogens is 452 g/mol. The quantitative estimate of drug-likeness (QED) is 0.447. The van der Waals surface area contributed by atoms with Crippen LogP contribution >= 0.6 is 0 Å². The number of anilines is 1. The largest absolute Gasteiger partial charge is 0.496 e. The molecule has 0 spiro atoms. The van der Waals surface area contributed by atoms with Gasteiger partial charge in [-0.3, -0.25) is 0 Å². The first-order valence-electron chi connectivity index (χ1n) is 11.4. The molecule has 182 valence electrons. The van der Waals surface area contributed by atoms with Crippen LogP contribution in [0.4, 0.5) is 19.3 Å². The Morgan fingerprint density at radius 3 is 2.74 bits per heavy atom. The molecule has 0 aromatic heterocycles. The molecule has 8 heteroatoms. The van der Waals surface area contributed by atoms with Crippen molar-refractivity contribution in [3.63, 3.8) is 0 Å². The Kier molecular flexibility index (Phi) is 7.60. The summed E-state index contributed by atoms with van der Waals surface area (Å²) in [5, 5.41) is 7.09. The molecule has 0 fully saturated rings. The van der Waals surface area contributed by atoms with Crippen molar-refractivity contribution < 1.29 is 23.1 Å². The number of oxime groups is 1. The van der Waals surface area contributed by atoms with E-state index >= 15 is 0 Å². The average molecular weight is 480 g/mol. The molecule has 0 aliphatic carbocycles. The number of rotatable bonds is 8. The number of nitrogens with one attached hydrogen (secondary N) is 1. The van der Waals surface area contributed by atoms with Crippen LogP contribution in [0.1, 0.15) is 30.0 Å². The lowest BCUT2D eigenvalue weighted by Gasteiger charge is -2.25. The van der Waals surface area contributed by atoms with E-state index in [9.17, 15) is 13.6 Å². The Bertz CT molecular complexity index is 1230. The summed E-state index contributed by atoms with van der Waals surface area (Å²) in [4.78, 5) is 20.3. The van der Waals surface area contributed by atoms with Gasteiger partial charge < -0.3 is 19.8 Å². The molecule has 1 unspecified atom stereocenters. The number of halogens is 2. The van der Waals surface area contributed by atoms with E-state index in [-0.39, 0.29) is 18.7 Å². The van der Waals surface area contributed by atoms with Gasteiger partial charge in [0.15, 0.2) is 6.10 Å². The van der Waals surface area contributed by atoms with Gasteiger partial charge in [0.2, 0.25) is 0 Å². The number of para-hydroxylation sites is 1.